The highest BCUT2D eigenvalue weighted by molar-refractivity contribution is 6.46. The monoisotopic (exact) mass is 362 g/mol. The molecule has 0 atom stereocenters. The maximum Gasteiger partial charge on any atom is 0.0598 e. The van der Waals surface area contributed by atoms with Gasteiger partial charge >= 0.3 is 0 Å². The van der Waals surface area contributed by atoms with Gasteiger partial charge in [-0.05, 0) is 79.5 Å². The molecule has 0 bridgehead atoms. The Morgan fingerprint density at radius 1 is 0.318 bits per heavy atom. The molecule has 0 radical (unpaired) electrons. The Balaban J connectivity index is 1.92. The predicted octanol–water partition coefficient (Wildman–Crippen LogP) is 7.79. The molecule has 0 spiro atoms. The third-order valence-electron chi connectivity index (χ3n) is 4.44. The average Bonchev–Trinajstić information content (AvgIpc) is 2.50. The van der Waals surface area contributed by atoms with Gasteiger partial charge in [-0.15, -0.1) is 0 Å². The summed E-state index contributed by atoms with van der Waals surface area (Å²) in [6.07, 6.45) is 0. The van der Waals surface area contributed by atoms with Gasteiger partial charge < -0.3 is 0 Å². The minimum absolute atomic E-state index is 0.587. The quantitative estimate of drug-likeness (QED) is 0.263. The first kappa shape index (κ1) is 13.3. The zero-order valence-corrected chi connectivity index (χ0v) is 14.0. The predicted molar refractivity (Wildman–Crippen MR) is 98.9 cm³/mol. The molecule has 22 heavy (non-hydrogen) atoms. The zero-order valence-electron chi connectivity index (χ0n) is 11.0. The molecule has 4 heteroatoms. The normalized spacial score (nSPS) is 12.5. The number of fused-ring (bicyclic) bond motifs is 8. The molecular weight excluding hydrogens is 358 g/mol. The lowest BCUT2D eigenvalue weighted by Gasteiger charge is -2.18. The summed E-state index contributed by atoms with van der Waals surface area (Å²) in [6, 6.07) is 12.1. The second kappa shape index (κ2) is 4.21. The van der Waals surface area contributed by atoms with Crippen molar-refractivity contribution in [2.24, 2.45) is 0 Å². The highest BCUT2D eigenvalue weighted by Gasteiger charge is 2.18. The van der Waals surface area contributed by atoms with Gasteiger partial charge in [0.15, 0.2) is 0 Å². The van der Waals surface area contributed by atoms with Gasteiger partial charge in [0, 0.05) is 0 Å². The van der Waals surface area contributed by atoms with Gasteiger partial charge in [0.2, 0.25) is 0 Å². The Hall–Kier alpha value is -1.18. The van der Waals surface area contributed by atoms with Gasteiger partial charge in [-0.25, -0.2) is 0 Å². The molecule has 0 fully saturated rings. The molecule has 0 aliphatic rings. The van der Waals surface area contributed by atoms with E-state index >= 15 is 0 Å². The van der Waals surface area contributed by atoms with E-state index in [1.807, 2.05) is 24.3 Å². The van der Waals surface area contributed by atoms with Gasteiger partial charge in [0.05, 0.1) is 20.1 Å². The lowest BCUT2D eigenvalue weighted by Crippen LogP contribution is -1.91. The van der Waals surface area contributed by atoms with E-state index < -0.39 is 0 Å². The van der Waals surface area contributed by atoms with Crippen LogP contribution in [0.3, 0.4) is 0 Å². The molecule has 0 saturated carbocycles. The summed E-state index contributed by atoms with van der Waals surface area (Å²) in [5, 5.41) is 11.8. The van der Waals surface area contributed by atoms with Crippen molar-refractivity contribution in [2.75, 3.05) is 0 Å². The standard InChI is InChI=1S/C18H6Cl4/c19-15-3-11-7-1-8-10(2-9(7)13(11)5-17(15)21)14-6-18(22)16(20)4-12(8)14/h1-6H. The van der Waals surface area contributed by atoms with Gasteiger partial charge in [0.1, 0.15) is 0 Å². The van der Waals surface area contributed by atoms with Crippen molar-refractivity contribution in [2.45, 2.75) is 0 Å². The summed E-state index contributed by atoms with van der Waals surface area (Å²) in [5.74, 6) is 0. The second-order valence-electron chi connectivity index (χ2n) is 5.57. The van der Waals surface area contributed by atoms with Crippen LogP contribution in [0.2, 0.25) is 20.1 Å². The van der Waals surface area contributed by atoms with E-state index in [0.717, 1.165) is 21.5 Å². The van der Waals surface area contributed by atoms with Crippen LogP contribution in [-0.2, 0) is 0 Å². The van der Waals surface area contributed by atoms with Gasteiger partial charge in [-0.2, -0.15) is 0 Å². The molecule has 0 aromatic heterocycles. The second-order valence-corrected chi connectivity index (χ2v) is 7.20. The van der Waals surface area contributed by atoms with Crippen LogP contribution < -0.4 is 0 Å². The Labute approximate surface area is 145 Å². The number of halogens is 4. The number of benzene rings is 3. The smallest absolute Gasteiger partial charge is 0.0598 e. The summed E-state index contributed by atoms with van der Waals surface area (Å²) in [4.78, 5) is 0. The summed E-state index contributed by atoms with van der Waals surface area (Å²) < 4.78 is 0. The van der Waals surface area contributed by atoms with Crippen molar-refractivity contribution in [3.05, 3.63) is 56.5 Å². The van der Waals surface area contributed by atoms with Crippen LogP contribution in [0.15, 0.2) is 36.4 Å². The molecule has 0 N–H and O–H groups in total. The molecular formula is C18H6Cl4. The van der Waals surface area contributed by atoms with E-state index in [-0.39, 0.29) is 0 Å². The van der Waals surface area contributed by atoms with E-state index in [2.05, 4.69) is 12.1 Å². The average molecular weight is 364 g/mol. The third-order valence-corrected chi connectivity index (χ3v) is 5.88. The minimum Gasteiger partial charge on any atom is -0.0827 e. The van der Waals surface area contributed by atoms with Crippen LogP contribution in [0.5, 0.6) is 0 Å². The minimum atomic E-state index is 0.587. The molecule has 0 unspecified atom stereocenters. The molecule has 0 amide bonds. The van der Waals surface area contributed by atoms with Crippen LogP contribution in [0.25, 0.3) is 43.1 Å². The van der Waals surface area contributed by atoms with Gasteiger partial charge in [-0.3, -0.25) is 0 Å². The van der Waals surface area contributed by atoms with E-state index in [9.17, 15) is 0 Å². The third kappa shape index (κ3) is 1.51. The van der Waals surface area contributed by atoms with E-state index in [0.29, 0.717) is 20.1 Å². The molecule has 5 rings (SSSR count). The molecule has 0 saturated heterocycles. The molecule has 0 aliphatic carbocycles. The van der Waals surface area contributed by atoms with Crippen LogP contribution in [0.1, 0.15) is 0 Å². The fraction of sp³-hybridized carbons (Fsp3) is 0. The SMILES string of the molecule is Clc1cc2c(cc1Cl)c1cc3c4cc(Cl)c(Cl)cc4c3cc21. The lowest BCUT2D eigenvalue weighted by atomic mass is 9.86. The molecule has 0 heterocycles. The number of hydrogen-bond acceptors (Lipinski definition) is 0. The molecule has 0 nitrogen and oxygen atoms in total. The van der Waals surface area contributed by atoms with Crippen LogP contribution in [0, 0.1) is 0 Å². The summed E-state index contributed by atoms with van der Waals surface area (Å²) in [7, 11) is 0. The molecule has 5 aromatic rings. The van der Waals surface area contributed by atoms with E-state index in [1.54, 1.807) is 0 Å². The Bertz CT molecular complexity index is 1020. The van der Waals surface area contributed by atoms with Crippen LogP contribution >= 0.6 is 46.4 Å². The summed E-state index contributed by atoms with van der Waals surface area (Å²) in [5.41, 5.74) is 0. The Morgan fingerprint density at radius 3 is 0.727 bits per heavy atom. The van der Waals surface area contributed by atoms with Crippen molar-refractivity contribution in [1.29, 1.82) is 0 Å². The van der Waals surface area contributed by atoms with Crippen molar-refractivity contribution in [3.8, 4) is 0 Å². The topological polar surface area (TPSA) is 0 Å². The van der Waals surface area contributed by atoms with Crippen LogP contribution in [-0.4, -0.2) is 0 Å². The number of hydrogen-bond donors (Lipinski definition) is 0. The fourth-order valence-electron chi connectivity index (χ4n) is 3.35. The van der Waals surface area contributed by atoms with Crippen molar-refractivity contribution in [1.82, 2.24) is 0 Å². The van der Waals surface area contributed by atoms with Crippen molar-refractivity contribution < 1.29 is 0 Å². The van der Waals surface area contributed by atoms with Crippen molar-refractivity contribution >= 4 is 89.5 Å². The highest BCUT2D eigenvalue weighted by atomic mass is 35.5. The molecule has 0 aliphatic heterocycles. The van der Waals surface area contributed by atoms with Crippen LogP contribution in [0.4, 0.5) is 0 Å². The van der Waals surface area contributed by atoms with E-state index in [1.165, 1.54) is 21.5 Å². The highest BCUT2D eigenvalue weighted by Crippen LogP contribution is 2.46. The molecule has 106 valence electrons. The maximum atomic E-state index is 6.13. The largest absolute Gasteiger partial charge is 0.0827 e. The molecule has 5 aromatic carbocycles. The lowest BCUT2D eigenvalue weighted by molar-refractivity contribution is 1.78. The zero-order chi connectivity index (χ0) is 15.2. The number of rotatable bonds is 0. The fourth-order valence-corrected chi connectivity index (χ4v) is 4.01. The maximum absolute atomic E-state index is 6.13. The van der Waals surface area contributed by atoms with Gasteiger partial charge in [0.25, 0.3) is 0 Å². The van der Waals surface area contributed by atoms with Gasteiger partial charge in [-0.1, -0.05) is 46.4 Å². The van der Waals surface area contributed by atoms with E-state index in [4.69, 9.17) is 46.4 Å². The Morgan fingerprint density at radius 2 is 0.500 bits per heavy atom. The van der Waals surface area contributed by atoms with Crippen molar-refractivity contribution in [3.63, 3.8) is 0 Å². The summed E-state index contributed by atoms with van der Waals surface area (Å²) >= 11 is 24.5. The Kier molecular flexibility index (Phi) is 2.54. The first-order valence-corrected chi connectivity index (χ1v) is 8.23. The first-order chi connectivity index (χ1) is 10.5. The summed E-state index contributed by atoms with van der Waals surface area (Å²) in [6.45, 7) is 0. The first-order valence-electron chi connectivity index (χ1n) is 6.72.